The first-order chi connectivity index (χ1) is 5.94. The van der Waals surface area contributed by atoms with Gasteiger partial charge in [0.2, 0.25) is 0 Å². The molecule has 0 aliphatic carbocycles. The number of nitrogens with two attached hydrogens (primary N) is 1. The Morgan fingerprint density at radius 3 is 2.46 bits per heavy atom. The van der Waals surface area contributed by atoms with E-state index in [2.05, 4.69) is 0 Å². The van der Waals surface area contributed by atoms with Crippen LogP contribution in [-0.4, -0.2) is 12.3 Å². The Morgan fingerprint density at radius 2 is 2.00 bits per heavy atom. The van der Waals surface area contributed by atoms with Gasteiger partial charge in [-0.2, -0.15) is 0 Å². The highest BCUT2D eigenvalue weighted by Crippen LogP contribution is 2.45. The fourth-order valence-corrected chi connectivity index (χ4v) is 2.48. The zero-order chi connectivity index (χ0) is 10.1. The quantitative estimate of drug-likeness (QED) is 0.584. The van der Waals surface area contributed by atoms with E-state index >= 15 is 0 Å². The minimum atomic E-state index is -2.22. The molecule has 0 fully saturated rings. The van der Waals surface area contributed by atoms with E-state index in [0.29, 0.717) is 5.69 Å². The van der Waals surface area contributed by atoms with Crippen molar-refractivity contribution >= 4 is 18.1 Å². The van der Waals surface area contributed by atoms with Gasteiger partial charge in [0.1, 0.15) is 7.14 Å². The number of rotatable bonds is 2. The van der Waals surface area contributed by atoms with Crippen LogP contribution in [0.3, 0.4) is 0 Å². The third-order valence-electron chi connectivity index (χ3n) is 2.37. The average molecular weight is 197 g/mol. The Labute approximate surface area is 79.5 Å². The van der Waals surface area contributed by atoms with Crippen molar-refractivity contribution in [2.75, 3.05) is 12.4 Å². The maximum absolute atomic E-state index is 12.2. The average Bonchev–Trinajstić information content (AvgIpc) is 2.04. The summed E-state index contributed by atoms with van der Waals surface area (Å²) in [6, 6.07) is 7.35. The topological polar surface area (TPSA) is 43.1 Å². The molecule has 1 atom stereocenters. The second kappa shape index (κ2) is 3.55. The van der Waals surface area contributed by atoms with Crippen molar-refractivity contribution in [3.63, 3.8) is 0 Å². The number of hydrogen-bond acceptors (Lipinski definition) is 2. The smallest absolute Gasteiger partial charge is 0.115 e. The second-order valence-electron chi connectivity index (χ2n) is 3.68. The van der Waals surface area contributed by atoms with Gasteiger partial charge >= 0.3 is 0 Å². The molecule has 0 aliphatic rings. The van der Waals surface area contributed by atoms with Crippen LogP contribution in [0.2, 0.25) is 0 Å². The van der Waals surface area contributed by atoms with E-state index in [4.69, 9.17) is 5.73 Å². The molecule has 1 rings (SSSR count). The summed E-state index contributed by atoms with van der Waals surface area (Å²) in [5, 5.41) is 0.877. The molecule has 2 nitrogen and oxygen atoms in total. The maximum Gasteiger partial charge on any atom is 0.115 e. The van der Waals surface area contributed by atoms with Crippen molar-refractivity contribution in [1.29, 1.82) is 0 Å². The van der Waals surface area contributed by atoms with Crippen molar-refractivity contribution in [3.8, 4) is 0 Å². The molecular formula is C10H16NOP. The van der Waals surface area contributed by atoms with E-state index in [1.165, 1.54) is 0 Å². The Bertz CT molecular complexity index is 347. The number of nitrogen functional groups attached to an aromatic ring is 1. The molecule has 0 aromatic heterocycles. The van der Waals surface area contributed by atoms with Crippen LogP contribution < -0.4 is 11.0 Å². The van der Waals surface area contributed by atoms with E-state index in [1.807, 2.05) is 38.7 Å². The zero-order valence-corrected chi connectivity index (χ0v) is 9.21. The van der Waals surface area contributed by atoms with Crippen molar-refractivity contribution < 1.29 is 4.57 Å². The van der Waals surface area contributed by atoms with E-state index in [0.717, 1.165) is 5.30 Å². The van der Waals surface area contributed by atoms with E-state index in [-0.39, 0.29) is 5.66 Å². The van der Waals surface area contributed by atoms with Crippen LogP contribution in [0.5, 0.6) is 0 Å². The predicted octanol–water partition coefficient (Wildman–Crippen LogP) is 2.30. The molecule has 2 N–H and O–H groups in total. The summed E-state index contributed by atoms with van der Waals surface area (Å²) in [7, 11) is -2.22. The molecule has 0 saturated heterocycles. The minimum Gasteiger partial charge on any atom is -0.399 e. The van der Waals surface area contributed by atoms with Gasteiger partial charge in [-0.1, -0.05) is 26.0 Å². The Balaban J connectivity index is 3.15. The standard InChI is InChI=1S/C10H16NOP/c1-8(2)13(3,12)10-6-4-5-9(11)7-10/h4-8H,11H2,1-3H3. The highest BCUT2D eigenvalue weighted by molar-refractivity contribution is 7.71. The first-order valence-electron chi connectivity index (χ1n) is 4.38. The van der Waals surface area contributed by atoms with Gasteiger partial charge in [-0.3, -0.25) is 0 Å². The Hall–Kier alpha value is -0.750. The molecule has 0 amide bonds. The van der Waals surface area contributed by atoms with Crippen LogP contribution in [0.1, 0.15) is 13.8 Å². The monoisotopic (exact) mass is 197 g/mol. The van der Waals surface area contributed by atoms with Crippen LogP contribution in [0.4, 0.5) is 5.69 Å². The predicted molar refractivity (Wildman–Crippen MR) is 59.2 cm³/mol. The fraction of sp³-hybridized carbons (Fsp3) is 0.400. The van der Waals surface area contributed by atoms with Crippen LogP contribution in [-0.2, 0) is 4.57 Å². The summed E-state index contributed by atoms with van der Waals surface area (Å²) in [4.78, 5) is 0. The molecule has 1 aromatic rings. The van der Waals surface area contributed by atoms with Gasteiger partial charge in [0, 0.05) is 16.7 Å². The summed E-state index contributed by atoms with van der Waals surface area (Å²) >= 11 is 0. The summed E-state index contributed by atoms with van der Waals surface area (Å²) in [6.07, 6.45) is 0. The molecule has 0 saturated carbocycles. The molecule has 1 aromatic carbocycles. The van der Waals surface area contributed by atoms with Crippen LogP contribution in [0.25, 0.3) is 0 Å². The number of hydrogen-bond donors (Lipinski definition) is 1. The SMILES string of the molecule is CC(C)P(C)(=O)c1cccc(N)c1. The maximum atomic E-state index is 12.2. The third kappa shape index (κ3) is 2.13. The number of anilines is 1. The summed E-state index contributed by atoms with van der Waals surface area (Å²) in [5.74, 6) is 0. The van der Waals surface area contributed by atoms with E-state index in [1.54, 1.807) is 6.07 Å². The van der Waals surface area contributed by atoms with Gasteiger partial charge in [0.15, 0.2) is 0 Å². The molecular weight excluding hydrogens is 181 g/mol. The van der Waals surface area contributed by atoms with Gasteiger partial charge < -0.3 is 10.3 Å². The van der Waals surface area contributed by atoms with Gasteiger partial charge in [0.25, 0.3) is 0 Å². The Morgan fingerprint density at radius 1 is 1.38 bits per heavy atom. The van der Waals surface area contributed by atoms with E-state index < -0.39 is 7.14 Å². The molecule has 0 bridgehead atoms. The molecule has 72 valence electrons. The summed E-state index contributed by atoms with van der Waals surface area (Å²) < 4.78 is 12.2. The summed E-state index contributed by atoms with van der Waals surface area (Å²) in [6.45, 7) is 5.76. The first-order valence-corrected chi connectivity index (χ1v) is 6.60. The number of benzene rings is 1. The van der Waals surface area contributed by atoms with Crippen LogP contribution in [0, 0.1) is 0 Å². The summed E-state index contributed by atoms with van der Waals surface area (Å²) in [5.41, 5.74) is 6.49. The van der Waals surface area contributed by atoms with Gasteiger partial charge in [-0.25, -0.2) is 0 Å². The van der Waals surface area contributed by atoms with Crippen LogP contribution in [0.15, 0.2) is 24.3 Å². The lowest BCUT2D eigenvalue weighted by Crippen LogP contribution is -2.11. The molecule has 1 unspecified atom stereocenters. The van der Waals surface area contributed by atoms with Crippen LogP contribution >= 0.6 is 7.14 Å². The molecule has 3 heteroatoms. The molecule has 0 heterocycles. The first kappa shape index (κ1) is 10.3. The lowest BCUT2D eigenvalue weighted by Gasteiger charge is -2.17. The largest absolute Gasteiger partial charge is 0.399 e. The van der Waals surface area contributed by atoms with Gasteiger partial charge in [0.05, 0.1) is 0 Å². The van der Waals surface area contributed by atoms with E-state index in [9.17, 15) is 4.57 Å². The lowest BCUT2D eigenvalue weighted by atomic mass is 10.3. The minimum absolute atomic E-state index is 0.175. The highest BCUT2D eigenvalue weighted by atomic mass is 31.2. The molecule has 0 spiro atoms. The third-order valence-corrected chi connectivity index (χ3v) is 5.64. The van der Waals surface area contributed by atoms with Gasteiger partial charge in [-0.15, -0.1) is 0 Å². The molecule has 13 heavy (non-hydrogen) atoms. The lowest BCUT2D eigenvalue weighted by molar-refractivity contribution is 0.579. The zero-order valence-electron chi connectivity index (χ0n) is 8.32. The normalized spacial score (nSPS) is 15.7. The van der Waals surface area contributed by atoms with Crippen molar-refractivity contribution in [3.05, 3.63) is 24.3 Å². The Kier molecular flexibility index (Phi) is 2.82. The molecule has 0 radical (unpaired) electrons. The van der Waals surface area contributed by atoms with Gasteiger partial charge in [-0.05, 0) is 18.8 Å². The highest BCUT2D eigenvalue weighted by Gasteiger charge is 2.22. The fourth-order valence-electron chi connectivity index (χ4n) is 1.10. The van der Waals surface area contributed by atoms with Crippen molar-refractivity contribution in [1.82, 2.24) is 0 Å². The van der Waals surface area contributed by atoms with Crippen molar-refractivity contribution in [2.45, 2.75) is 19.5 Å². The molecule has 0 aliphatic heterocycles. The second-order valence-corrected chi connectivity index (χ2v) is 7.21. The van der Waals surface area contributed by atoms with Crippen molar-refractivity contribution in [2.24, 2.45) is 0 Å².